The molecule has 0 aliphatic carbocycles. The second-order valence-electron chi connectivity index (χ2n) is 4.05. The molecule has 0 atom stereocenters. The van der Waals surface area contributed by atoms with Gasteiger partial charge in [-0.25, -0.2) is 0 Å². The van der Waals surface area contributed by atoms with Gasteiger partial charge in [0.2, 0.25) is 0 Å². The van der Waals surface area contributed by atoms with Crippen molar-refractivity contribution in [2.45, 2.75) is 32.6 Å². The van der Waals surface area contributed by atoms with Crippen LogP contribution in [0.2, 0.25) is 0 Å². The first-order valence-electron chi connectivity index (χ1n) is 6.20. The number of carbonyl (C=O) groups excluding carboxylic acids is 1. The van der Waals surface area contributed by atoms with E-state index in [9.17, 15) is 4.79 Å². The maximum atomic E-state index is 11.7. The summed E-state index contributed by atoms with van der Waals surface area (Å²) in [7, 11) is 1.61. The lowest BCUT2D eigenvalue weighted by Gasteiger charge is -2.05. The minimum atomic E-state index is -0.0100. The predicted molar refractivity (Wildman–Crippen MR) is 69.5 cm³/mol. The molecular weight excluding hydrogens is 214 g/mol. The normalized spacial score (nSPS) is 10.0. The zero-order chi connectivity index (χ0) is 12.5. The Bertz CT molecular complexity index is 333. The summed E-state index contributed by atoms with van der Waals surface area (Å²) >= 11 is 0. The molecule has 0 fully saturated rings. The topological polar surface area (TPSA) is 38.3 Å². The number of hydrogen-bond acceptors (Lipinski definition) is 2. The average Bonchev–Trinajstić information content (AvgIpc) is 2.38. The van der Waals surface area contributed by atoms with Crippen LogP contribution in [0.1, 0.15) is 43.0 Å². The van der Waals surface area contributed by atoms with Crippen molar-refractivity contribution < 1.29 is 9.53 Å². The van der Waals surface area contributed by atoms with Gasteiger partial charge in [0.05, 0.1) is 7.11 Å². The highest BCUT2D eigenvalue weighted by atomic mass is 16.5. The molecule has 17 heavy (non-hydrogen) atoms. The summed E-state index contributed by atoms with van der Waals surface area (Å²) in [5.74, 6) is 0.758. The molecule has 0 saturated heterocycles. The van der Waals surface area contributed by atoms with E-state index in [1.807, 2.05) is 0 Å². The van der Waals surface area contributed by atoms with Gasteiger partial charge >= 0.3 is 0 Å². The molecule has 0 saturated carbocycles. The van der Waals surface area contributed by atoms with Crippen LogP contribution in [0.4, 0.5) is 0 Å². The zero-order valence-electron chi connectivity index (χ0n) is 10.7. The molecule has 0 heterocycles. The van der Waals surface area contributed by atoms with E-state index in [0.29, 0.717) is 5.56 Å². The Kier molecular flexibility index (Phi) is 6.15. The standard InChI is InChI=1S/C14H21NO2/c1-3-4-5-6-11-15-14(16)12-7-9-13(17-2)10-8-12/h7-10H,3-6,11H2,1-2H3,(H,15,16). The molecule has 1 rings (SSSR count). The van der Waals surface area contributed by atoms with E-state index >= 15 is 0 Å². The number of rotatable bonds is 7. The van der Waals surface area contributed by atoms with Gasteiger partial charge in [-0.2, -0.15) is 0 Å². The van der Waals surface area contributed by atoms with Gasteiger partial charge in [0.25, 0.3) is 5.91 Å². The number of ether oxygens (including phenoxy) is 1. The molecule has 0 spiro atoms. The summed E-state index contributed by atoms with van der Waals surface area (Å²) in [6, 6.07) is 7.15. The van der Waals surface area contributed by atoms with Crippen molar-refractivity contribution in [3.8, 4) is 5.75 Å². The Labute approximate surface area is 103 Å². The van der Waals surface area contributed by atoms with Gasteiger partial charge in [-0.3, -0.25) is 4.79 Å². The van der Waals surface area contributed by atoms with E-state index in [2.05, 4.69) is 12.2 Å². The number of amides is 1. The van der Waals surface area contributed by atoms with E-state index in [-0.39, 0.29) is 5.91 Å². The van der Waals surface area contributed by atoms with Crippen molar-refractivity contribution in [1.82, 2.24) is 5.32 Å². The fourth-order valence-corrected chi connectivity index (χ4v) is 1.60. The quantitative estimate of drug-likeness (QED) is 0.738. The van der Waals surface area contributed by atoms with Crippen molar-refractivity contribution in [3.63, 3.8) is 0 Å². The number of methoxy groups -OCH3 is 1. The summed E-state index contributed by atoms with van der Waals surface area (Å²) in [4.78, 5) is 11.7. The molecule has 0 aliphatic rings. The van der Waals surface area contributed by atoms with E-state index in [0.717, 1.165) is 18.7 Å². The van der Waals surface area contributed by atoms with Crippen LogP contribution < -0.4 is 10.1 Å². The third kappa shape index (κ3) is 4.89. The van der Waals surface area contributed by atoms with Crippen LogP contribution in [0.15, 0.2) is 24.3 Å². The van der Waals surface area contributed by atoms with Gasteiger partial charge in [-0.05, 0) is 30.7 Å². The molecule has 1 N–H and O–H groups in total. The molecule has 0 aliphatic heterocycles. The second kappa shape index (κ2) is 7.71. The number of carbonyl (C=O) groups is 1. The molecule has 3 nitrogen and oxygen atoms in total. The number of unbranched alkanes of at least 4 members (excludes halogenated alkanes) is 3. The highest BCUT2D eigenvalue weighted by molar-refractivity contribution is 5.94. The van der Waals surface area contributed by atoms with E-state index in [1.54, 1.807) is 31.4 Å². The first-order chi connectivity index (χ1) is 8.27. The van der Waals surface area contributed by atoms with Gasteiger partial charge in [0, 0.05) is 12.1 Å². The van der Waals surface area contributed by atoms with Crippen LogP contribution >= 0.6 is 0 Å². The van der Waals surface area contributed by atoms with Crippen molar-refractivity contribution in [2.75, 3.05) is 13.7 Å². The number of nitrogens with one attached hydrogen (secondary N) is 1. The summed E-state index contributed by atoms with van der Waals surface area (Å²) in [5.41, 5.74) is 0.682. The molecule has 1 amide bonds. The summed E-state index contributed by atoms with van der Waals surface area (Å²) in [6.07, 6.45) is 4.68. The van der Waals surface area contributed by atoms with E-state index < -0.39 is 0 Å². The van der Waals surface area contributed by atoms with Crippen molar-refractivity contribution >= 4 is 5.91 Å². The summed E-state index contributed by atoms with van der Waals surface area (Å²) in [6.45, 7) is 2.93. The Morgan fingerprint density at radius 3 is 2.47 bits per heavy atom. The van der Waals surface area contributed by atoms with Gasteiger partial charge in [-0.1, -0.05) is 26.2 Å². The Morgan fingerprint density at radius 1 is 1.18 bits per heavy atom. The van der Waals surface area contributed by atoms with Crippen LogP contribution in [-0.4, -0.2) is 19.6 Å². The van der Waals surface area contributed by atoms with Crippen LogP contribution in [-0.2, 0) is 0 Å². The van der Waals surface area contributed by atoms with Crippen LogP contribution in [0.3, 0.4) is 0 Å². The SMILES string of the molecule is CCCCCCNC(=O)c1ccc(OC)cc1. The Hall–Kier alpha value is -1.51. The second-order valence-corrected chi connectivity index (χ2v) is 4.05. The largest absolute Gasteiger partial charge is 0.497 e. The Balaban J connectivity index is 2.31. The van der Waals surface area contributed by atoms with E-state index in [1.165, 1.54) is 19.3 Å². The first-order valence-corrected chi connectivity index (χ1v) is 6.20. The third-order valence-electron chi connectivity index (χ3n) is 2.67. The molecule has 0 unspecified atom stereocenters. The maximum Gasteiger partial charge on any atom is 0.251 e. The maximum absolute atomic E-state index is 11.7. The lowest BCUT2D eigenvalue weighted by atomic mass is 10.2. The molecule has 3 heteroatoms. The lowest BCUT2D eigenvalue weighted by Crippen LogP contribution is -2.24. The molecule has 0 bridgehead atoms. The average molecular weight is 235 g/mol. The summed E-state index contributed by atoms with van der Waals surface area (Å²) < 4.78 is 5.04. The highest BCUT2D eigenvalue weighted by Gasteiger charge is 2.04. The van der Waals surface area contributed by atoms with Crippen molar-refractivity contribution in [2.24, 2.45) is 0 Å². The fourth-order valence-electron chi connectivity index (χ4n) is 1.60. The Morgan fingerprint density at radius 2 is 1.88 bits per heavy atom. The first kappa shape index (κ1) is 13.6. The lowest BCUT2D eigenvalue weighted by molar-refractivity contribution is 0.0953. The molecule has 0 radical (unpaired) electrons. The predicted octanol–water partition coefficient (Wildman–Crippen LogP) is 3.01. The molecule has 0 aromatic heterocycles. The number of benzene rings is 1. The molecule has 1 aromatic rings. The monoisotopic (exact) mass is 235 g/mol. The minimum Gasteiger partial charge on any atom is -0.497 e. The van der Waals surface area contributed by atoms with E-state index in [4.69, 9.17) is 4.74 Å². The smallest absolute Gasteiger partial charge is 0.251 e. The zero-order valence-corrected chi connectivity index (χ0v) is 10.7. The van der Waals surface area contributed by atoms with Crippen LogP contribution in [0.25, 0.3) is 0 Å². The van der Waals surface area contributed by atoms with Gasteiger partial charge < -0.3 is 10.1 Å². The minimum absolute atomic E-state index is 0.0100. The van der Waals surface area contributed by atoms with Crippen LogP contribution in [0, 0.1) is 0 Å². The molecular formula is C14H21NO2. The highest BCUT2D eigenvalue weighted by Crippen LogP contribution is 2.11. The van der Waals surface area contributed by atoms with Gasteiger partial charge in [0.15, 0.2) is 0 Å². The third-order valence-corrected chi connectivity index (χ3v) is 2.67. The van der Waals surface area contributed by atoms with Gasteiger partial charge in [-0.15, -0.1) is 0 Å². The summed E-state index contributed by atoms with van der Waals surface area (Å²) in [5, 5.41) is 2.92. The van der Waals surface area contributed by atoms with Gasteiger partial charge in [0.1, 0.15) is 5.75 Å². The fraction of sp³-hybridized carbons (Fsp3) is 0.500. The number of hydrogen-bond donors (Lipinski definition) is 1. The van der Waals surface area contributed by atoms with Crippen LogP contribution in [0.5, 0.6) is 5.75 Å². The van der Waals surface area contributed by atoms with Crippen molar-refractivity contribution in [3.05, 3.63) is 29.8 Å². The molecule has 94 valence electrons. The molecule has 1 aromatic carbocycles. The van der Waals surface area contributed by atoms with Crippen molar-refractivity contribution in [1.29, 1.82) is 0 Å².